The van der Waals surface area contributed by atoms with Crippen molar-refractivity contribution in [3.05, 3.63) is 71.8 Å². The maximum atomic E-state index is 3.61. The minimum atomic E-state index is 0.632. The Morgan fingerprint density at radius 1 is 0.696 bits per heavy atom. The number of hydrogen-bond acceptors (Lipinski definition) is 3. The van der Waals surface area contributed by atoms with Gasteiger partial charge in [-0.15, -0.1) is 0 Å². The second kappa shape index (κ2) is 6.83. The van der Waals surface area contributed by atoms with Crippen LogP contribution >= 0.6 is 0 Å². The van der Waals surface area contributed by atoms with E-state index in [0.29, 0.717) is 12.1 Å². The van der Waals surface area contributed by atoms with Crippen molar-refractivity contribution in [2.24, 2.45) is 0 Å². The zero-order chi connectivity index (χ0) is 15.5. The maximum absolute atomic E-state index is 3.61. The Morgan fingerprint density at radius 2 is 1.13 bits per heavy atom. The van der Waals surface area contributed by atoms with Gasteiger partial charge in [0.05, 0.1) is 0 Å². The molecule has 3 nitrogen and oxygen atoms in total. The van der Waals surface area contributed by atoms with Crippen molar-refractivity contribution >= 4 is 0 Å². The average molecular weight is 307 g/mol. The summed E-state index contributed by atoms with van der Waals surface area (Å²) >= 11 is 0. The van der Waals surface area contributed by atoms with Gasteiger partial charge in [0.1, 0.15) is 0 Å². The lowest BCUT2D eigenvalue weighted by Gasteiger charge is -2.44. The van der Waals surface area contributed by atoms with Crippen molar-refractivity contribution in [3.8, 4) is 0 Å². The van der Waals surface area contributed by atoms with Crippen LogP contribution in [0.1, 0.15) is 11.1 Å². The quantitative estimate of drug-likeness (QED) is 0.935. The van der Waals surface area contributed by atoms with Gasteiger partial charge in [0.25, 0.3) is 0 Å². The highest BCUT2D eigenvalue weighted by atomic mass is 15.3. The third kappa shape index (κ3) is 3.32. The van der Waals surface area contributed by atoms with E-state index in [9.17, 15) is 0 Å². The third-order valence-electron chi connectivity index (χ3n) is 5.22. The molecule has 2 aliphatic heterocycles. The fourth-order valence-corrected chi connectivity index (χ4v) is 4.01. The predicted octanol–water partition coefficient (Wildman–Crippen LogP) is 2.34. The molecule has 0 spiro atoms. The highest BCUT2D eigenvalue weighted by Crippen LogP contribution is 2.24. The first kappa shape index (κ1) is 14.9. The number of hydrogen-bond donors (Lipinski definition) is 1. The molecular formula is C20H25N3. The number of benzene rings is 2. The van der Waals surface area contributed by atoms with Crippen LogP contribution < -0.4 is 5.32 Å². The second-order valence-corrected chi connectivity index (χ2v) is 6.71. The van der Waals surface area contributed by atoms with Crippen molar-refractivity contribution in [2.75, 3.05) is 26.2 Å². The van der Waals surface area contributed by atoms with E-state index in [4.69, 9.17) is 0 Å². The first-order valence-electron chi connectivity index (χ1n) is 8.67. The van der Waals surface area contributed by atoms with E-state index < -0.39 is 0 Å². The van der Waals surface area contributed by atoms with Crippen LogP contribution in [-0.2, 0) is 13.1 Å². The summed E-state index contributed by atoms with van der Waals surface area (Å²) in [5.41, 5.74) is 2.85. The fraction of sp³-hybridized carbons (Fsp3) is 0.400. The predicted molar refractivity (Wildman–Crippen MR) is 94.1 cm³/mol. The molecule has 0 bridgehead atoms. The second-order valence-electron chi connectivity index (χ2n) is 6.71. The van der Waals surface area contributed by atoms with Gasteiger partial charge in [-0.1, -0.05) is 60.7 Å². The number of piperazine rings is 1. The molecular weight excluding hydrogens is 282 g/mol. The van der Waals surface area contributed by atoms with Crippen LogP contribution in [0.2, 0.25) is 0 Å². The summed E-state index contributed by atoms with van der Waals surface area (Å²) in [4.78, 5) is 5.34. The third-order valence-corrected chi connectivity index (χ3v) is 5.22. The standard InChI is InChI=1S/C20H25N3/c1-3-7-17(8-4-1)15-22-11-12-23(20-14-21-13-19(20)22)16-18-9-5-2-6-10-18/h1-10,19-21H,11-16H2/t19-,20?/m0/s1. The molecule has 0 saturated carbocycles. The maximum Gasteiger partial charge on any atom is 0.0392 e. The van der Waals surface area contributed by atoms with Gasteiger partial charge in [-0.3, -0.25) is 9.80 Å². The topological polar surface area (TPSA) is 18.5 Å². The minimum absolute atomic E-state index is 0.632. The van der Waals surface area contributed by atoms with Gasteiger partial charge in [0.2, 0.25) is 0 Å². The lowest BCUT2D eigenvalue weighted by atomic mass is 10.0. The Bertz CT molecular complexity index is 558. The van der Waals surface area contributed by atoms with Gasteiger partial charge in [-0.25, -0.2) is 0 Å². The van der Waals surface area contributed by atoms with E-state index >= 15 is 0 Å². The Morgan fingerprint density at radius 3 is 1.57 bits per heavy atom. The van der Waals surface area contributed by atoms with E-state index in [0.717, 1.165) is 39.3 Å². The SMILES string of the molecule is c1ccc(CN2CCN(Cc3ccccc3)[C@H]3CNCC32)cc1. The summed E-state index contributed by atoms with van der Waals surface area (Å²) < 4.78 is 0. The molecule has 0 amide bonds. The highest BCUT2D eigenvalue weighted by Gasteiger charge is 2.39. The lowest BCUT2D eigenvalue weighted by Crippen LogP contribution is -2.58. The molecule has 0 aliphatic carbocycles. The molecule has 2 saturated heterocycles. The summed E-state index contributed by atoms with van der Waals surface area (Å²) in [6.07, 6.45) is 0. The van der Waals surface area contributed by atoms with Crippen LogP contribution in [0.5, 0.6) is 0 Å². The molecule has 2 fully saturated rings. The smallest absolute Gasteiger partial charge is 0.0392 e. The van der Waals surface area contributed by atoms with Crippen LogP contribution in [0.15, 0.2) is 60.7 Å². The van der Waals surface area contributed by atoms with Gasteiger partial charge in [0, 0.05) is 51.4 Å². The zero-order valence-electron chi connectivity index (χ0n) is 13.6. The minimum Gasteiger partial charge on any atom is -0.313 e. The van der Waals surface area contributed by atoms with Gasteiger partial charge >= 0.3 is 0 Å². The molecule has 120 valence electrons. The molecule has 1 unspecified atom stereocenters. The van der Waals surface area contributed by atoms with Crippen molar-refractivity contribution < 1.29 is 0 Å². The zero-order valence-corrected chi connectivity index (χ0v) is 13.6. The lowest BCUT2D eigenvalue weighted by molar-refractivity contribution is 0.0355. The van der Waals surface area contributed by atoms with E-state index in [-0.39, 0.29) is 0 Å². The molecule has 4 rings (SSSR count). The first-order chi connectivity index (χ1) is 11.4. The molecule has 1 N–H and O–H groups in total. The van der Waals surface area contributed by atoms with Gasteiger partial charge in [0.15, 0.2) is 0 Å². The summed E-state index contributed by atoms with van der Waals surface area (Å²) in [5.74, 6) is 0. The van der Waals surface area contributed by atoms with Crippen molar-refractivity contribution in [1.82, 2.24) is 15.1 Å². The average Bonchev–Trinajstić information content (AvgIpc) is 3.09. The molecule has 2 heterocycles. The number of nitrogens with one attached hydrogen (secondary N) is 1. The van der Waals surface area contributed by atoms with E-state index in [1.807, 2.05) is 0 Å². The summed E-state index contributed by atoms with van der Waals surface area (Å²) in [7, 11) is 0. The van der Waals surface area contributed by atoms with E-state index in [1.54, 1.807) is 0 Å². The van der Waals surface area contributed by atoms with E-state index in [2.05, 4.69) is 75.8 Å². The van der Waals surface area contributed by atoms with Crippen LogP contribution in [0.3, 0.4) is 0 Å². The molecule has 0 aromatic heterocycles. The molecule has 0 radical (unpaired) electrons. The van der Waals surface area contributed by atoms with Crippen molar-refractivity contribution in [1.29, 1.82) is 0 Å². The number of nitrogens with zero attached hydrogens (tertiary/aromatic N) is 2. The first-order valence-corrected chi connectivity index (χ1v) is 8.67. The Labute approximate surface area is 138 Å². The summed E-state index contributed by atoms with van der Waals surface area (Å²) in [6.45, 7) is 6.69. The fourth-order valence-electron chi connectivity index (χ4n) is 4.01. The molecule has 23 heavy (non-hydrogen) atoms. The van der Waals surface area contributed by atoms with Crippen LogP contribution in [-0.4, -0.2) is 48.1 Å². The van der Waals surface area contributed by atoms with Gasteiger partial charge in [-0.2, -0.15) is 0 Å². The summed E-state index contributed by atoms with van der Waals surface area (Å²) in [5, 5.41) is 3.61. The van der Waals surface area contributed by atoms with Gasteiger partial charge in [-0.05, 0) is 11.1 Å². The van der Waals surface area contributed by atoms with Crippen LogP contribution in [0.25, 0.3) is 0 Å². The molecule has 2 aliphatic rings. The Hall–Kier alpha value is -1.68. The van der Waals surface area contributed by atoms with Gasteiger partial charge < -0.3 is 5.32 Å². The van der Waals surface area contributed by atoms with Crippen molar-refractivity contribution in [2.45, 2.75) is 25.2 Å². The normalized spacial score (nSPS) is 25.4. The van der Waals surface area contributed by atoms with E-state index in [1.165, 1.54) is 11.1 Å². The Kier molecular flexibility index (Phi) is 4.42. The van der Waals surface area contributed by atoms with Crippen LogP contribution in [0, 0.1) is 0 Å². The molecule has 2 aromatic carbocycles. The summed E-state index contributed by atoms with van der Waals surface area (Å²) in [6, 6.07) is 23.0. The van der Waals surface area contributed by atoms with Crippen molar-refractivity contribution in [3.63, 3.8) is 0 Å². The monoisotopic (exact) mass is 307 g/mol. The highest BCUT2D eigenvalue weighted by molar-refractivity contribution is 5.17. The molecule has 2 aromatic rings. The Balaban J connectivity index is 1.45. The number of fused-ring (bicyclic) bond motifs is 1. The molecule has 2 atom stereocenters. The number of rotatable bonds is 4. The van der Waals surface area contributed by atoms with Crippen LogP contribution in [0.4, 0.5) is 0 Å². The largest absolute Gasteiger partial charge is 0.313 e. The molecule has 3 heteroatoms.